The number of halogens is 1. The van der Waals surface area contributed by atoms with Crippen molar-refractivity contribution in [3.63, 3.8) is 0 Å². The number of amides is 1. The van der Waals surface area contributed by atoms with Gasteiger partial charge in [0.1, 0.15) is 6.61 Å². The van der Waals surface area contributed by atoms with E-state index in [0.29, 0.717) is 24.7 Å². The standard InChI is InChI=1S/C21H19IN2O4/c1-2-26-19-12-16(13-23-24-21(25)18-9-6-10-27-18)11-17(22)20(19)28-14-15-7-4-3-5-8-15/h3-13H,2,14H2,1H3,(H,24,25)/b23-13-. The maximum atomic E-state index is 11.8. The zero-order valence-corrected chi connectivity index (χ0v) is 17.4. The van der Waals surface area contributed by atoms with Crippen molar-refractivity contribution in [2.75, 3.05) is 6.61 Å². The second kappa shape index (κ2) is 9.93. The van der Waals surface area contributed by atoms with E-state index in [2.05, 4.69) is 33.1 Å². The summed E-state index contributed by atoms with van der Waals surface area (Å²) in [6.45, 7) is 2.87. The van der Waals surface area contributed by atoms with E-state index in [9.17, 15) is 4.79 Å². The molecule has 0 bridgehead atoms. The molecule has 0 saturated heterocycles. The van der Waals surface area contributed by atoms with Gasteiger partial charge < -0.3 is 13.9 Å². The van der Waals surface area contributed by atoms with Crippen molar-refractivity contribution in [2.45, 2.75) is 13.5 Å². The molecule has 6 nitrogen and oxygen atoms in total. The van der Waals surface area contributed by atoms with Crippen LogP contribution in [-0.2, 0) is 6.61 Å². The van der Waals surface area contributed by atoms with Crippen molar-refractivity contribution in [3.05, 3.63) is 81.3 Å². The van der Waals surface area contributed by atoms with Crippen molar-refractivity contribution < 1.29 is 18.7 Å². The summed E-state index contributed by atoms with van der Waals surface area (Å²) in [5, 5.41) is 3.98. The Labute approximate surface area is 176 Å². The summed E-state index contributed by atoms with van der Waals surface area (Å²) < 4.78 is 17.6. The third kappa shape index (κ3) is 5.35. The molecule has 0 aliphatic rings. The van der Waals surface area contributed by atoms with Crippen LogP contribution < -0.4 is 14.9 Å². The summed E-state index contributed by atoms with van der Waals surface area (Å²) in [5.41, 5.74) is 4.28. The number of ether oxygens (including phenoxy) is 2. The van der Waals surface area contributed by atoms with Crippen LogP contribution in [-0.4, -0.2) is 18.7 Å². The molecule has 1 N–H and O–H groups in total. The summed E-state index contributed by atoms with van der Waals surface area (Å²) in [6, 6.07) is 16.9. The van der Waals surface area contributed by atoms with Crippen LogP contribution in [0.25, 0.3) is 0 Å². The van der Waals surface area contributed by atoms with E-state index in [0.717, 1.165) is 14.7 Å². The Balaban J connectivity index is 1.72. The van der Waals surface area contributed by atoms with Gasteiger partial charge in [0.2, 0.25) is 0 Å². The van der Waals surface area contributed by atoms with E-state index in [1.165, 1.54) is 6.26 Å². The molecule has 0 atom stereocenters. The molecular weight excluding hydrogens is 471 g/mol. The largest absolute Gasteiger partial charge is 0.490 e. The molecule has 3 aromatic rings. The lowest BCUT2D eigenvalue weighted by Crippen LogP contribution is -2.16. The molecule has 1 heterocycles. The lowest BCUT2D eigenvalue weighted by molar-refractivity contribution is 0.0927. The zero-order chi connectivity index (χ0) is 19.8. The van der Waals surface area contributed by atoms with Crippen LogP contribution in [0.2, 0.25) is 0 Å². The van der Waals surface area contributed by atoms with Crippen LogP contribution in [0.4, 0.5) is 0 Å². The maximum Gasteiger partial charge on any atom is 0.307 e. The van der Waals surface area contributed by atoms with Crippen LogP contribution in [0.15, 0.2) is 70.4 Å². The number of hydrogen-bond donors (Lipinski definition) is 1. The minimum absolute atomic E-state index is 0.200. The summed E-state index contributed by atoms with van der Waals surface area (Å²) in [7, 11) is 0. The average molecular weight is 490 g/mol. The summed E-state index contributed by atoms with van der Waals surface area (Å²) in [4.78, 5) is 11.8. The van der Waals surface area contributed by atoms with Crippen LogP contribution in [0, 0.1) is 3.57 Å². The number of rotatable bonds is 8. The first-order valence-corrected chi connectivity index (χ1v) is 9.75. The molecule has 0 saturated carbocycles. The Morgan fingerprint density at radius 2 is 2.00 bits per heavy atom. The Morgan fingerprint density at radius 3 is 2.71 bits per heavy atom. The van der Waals surface area contributed by atoms with Gasteiger partial charge in [-0.15, -0.1) is 0 Å². The number of furan rings is 1. The van der Waals surface area contributed by atoms with Crippen molar-refractivity contribution in [2.24, 2.45) is 5.10 Å². The number of benzene rings is 2. The second-order valence-electron chi connectivity index (χ2n) is 5.71. The molecule has 0 aliphatic carbocycles. The molecule has 0 unspecified atom stereocenters. The smallest absolute Gasteiger partial charge is 0.307 e. The topological polar surface area (TPSA) is 73.1 Å². The second-order valence-corrected chi connectivity index (χ2v) is 6.88. The molecule has 0 spiro atoms. The lowest BCUT2D eigenvalue weighted by atomic mass is 10.2. The van der Waals surface area contributed by atoms with Crippen molar-refractivity contribution in [1.82, 2.24) is 5.43 Å². The van der Waals surface area contributed by atoms with Gasteiger partial charge in [-0.2, -0.15) is 5.10 Å². The summed E-state index contributed by atoms with van der Waals surface area (Å²) >= 11 is 2.20. The fraction of sp³-hybridized carbons (Fsp3) is 0.143. The van der Waals surface area contributed by atoms with E-state index in [4.69, 9.17) is 13.9 Å². The first-order valence-electron chi connectivity index (χ1n) is 8.67. The highest BCUT2D eigenvalue weighted by molar-refractivity contribution is 14.1. The number of carbonyl (C=O) groups is 1. The molecule has 0 radical (unpaired) electrons. The molecule has 28 heavy (non-hydrogen) atoms. The van der Waals surface area contributed by atoms with Crippen molar-refractivity contribution >= 4 is 34.7 Å². The van der Waals surface area contributed by atoms with Gasteiger partial charge in [-0.05, 0) is 64.9 Å². The number of nitrogens with zero attached hydrogens (tertiary/aromatic N) is 1. The fourth-order valence-electron chi connectivity index (χ4n) is 2.42. The number of hydrazone groups is 1. The number of hydrogen-bond acceptors (Lipinski definition) is 5. The van der Waals surface area contributed by atoms with E-state index in [1.807, 2.05) is 49.4 Å². The first kappa shape index (κ1) is 19.9. The Kier molecular flexibility index (Phi) is 7.07. The van der Waals surface area contributed by atoms with Crippen molar-refractivity contribution in [1.29, 1.82) is 0 Å². The molecule has 3 rings (SSSR count). The predicted octanol–water partition coefficient (Wildman–Crippen LogP) is 4.63. The van der Waals surface area contributed by atoms with Gasteiger partial charge >= 0.3 is 5.91 Å². The predicted molar refractivity (Wildman–Crippen MR) is 115 cm³/mol. The van der Waals surface area contributed by atoms with Gasteiger partial charge in [0.15, 0.2) is 17.3 Å². The Hall–Kier alpha value is -2.81. The van der Waals surface area contributed by atoms with E-state index in [1.54, 1.807) is 18.3 Å². The van der Waals surface area contributed by atoms with Gasteiger partial charge in [0.25, 0.3) is 0 Å². The van der Waals surface area contributed by atoms with Crippen LogP contribution in [0.5, 0.6) is 11.5 Å². The number of carbonyl (C=O) groups excluding carboxylic acids is 1. The van der Waals surface area contributed by atoms with Gasteiger partial charge in [-0.1, -0.05) is 30.3 Å². The Morgan fingerprint density at radius 1 is 1.18 bits per heavy atom. The third-order valence-electron chi connectivity index (χ3n) is 3.68. The van der Waals surface area contributed by atoms with Crippen LogP contribution in [0.1, 0.15) is 28.6 Å². The fourth-order valence-corrected chi connectivity index (χ4v) is 3.20. The van der Waals surface area contributed by atoms with Crippen molar-refractivity contribution in [3.8, 4) is 11.5 Å². The van der Waals surface area contributed by atoms with E-state index in [-0.39, 0.29) is 5.76 Å². The van der Waals surface area contributed by atoms with E-state index >= 15 is 0 Å². The quantitative estimate of drug-likeness (QED) is 0.284. The monoisotopic (exact) mass is 490 g/mol. The molecule has 1 amide bonds. The SMILES string of the molecule is CCOc1cc(/C=N\NC(=O)c2ccco2)cc(I)c1OCc1ccccc1. The minimum Gasteiger partial charge on any atom is -0.490 e. The molecule has 0 aliphatic heterocycles. The molecular formula is C21H19IN2O4. The lowest BCUT2D eigenvalue weighted by Gasteiger charge is -2.14. The molecule has 1 aromatic heterocycles. The highest BCUT2D eigenvalue weighted by Gasteiger charge is 2.12. The molecule has 0 fully saturated rings. The van der Waals surface area contributed by atoms with Gasteiger partial charge in [-0.3, -0.25) is 4.79 Å². The Bertz CT molecular complexity index is 941. The average Bonchev–Trinajstić information content (AvgIpc) is 3.23. The third-order valence-corrected chi connectivity index (χ3v) is 4.48. The summed E-state index contributed by atoms with van der Waals surface area (Å²) in [6.07, 6.45) is 2.98. The number of nitrogens with one attached hydrogen (secondary N) is 1. The maximum absolute atomic E-state index is 11.8. The molecule has 2 aromatic carbocycles. The minimum atomic E-state index is -0.413. The van der Waals surface area contributed by atoms with E-state index < -0.39 is 5.91 Å². The molecule has 7 heteroatoms. The normalized spacial score (nSPS) is 10.8. The highest BCUT2D eigenvalue weighted by Crippen LogP contribution is 2.34. The first-order chi connectivity index (χ1) is 13.7. The van der Waals surface area contributed by atoms with Gasteiger partial charge in [0, 0.05) is 0 Å². The van der Waals surface area contributed by atoms with Gasteiger partial charge in [-0.25, -0.2) is 5.43 Å². The van der Waals surface area contributed by atoms with Crippen LogP contribution >= 0.6 is 22.6 Å². The zero-order valence-electron chi connectivity index (χ0n) is 15.2. The summed E-state index contributed by atoms with van der Waals surface area (Å²) in [5.74, 6) is 1.10. The molecule has 144 valence electrons. The van der Waals surface area contributed by atoms with Crippen LogP contribution in [0.3, 0.4) is 0 Å². The highest BCUT2D eigenvalue weighted by atomic mass is 127. The van der Waals surface area contributed by atoms with Gasteiger partial charge in [0.05, 0.1) is 22.7 Å².